The fraction of sp³-hybridized carbons (Fsp3) is 1.00. The van der Waals surface area contributed by atoms with Gasteiger partial charge in [0.1, 0.15) is 0 Å². The maximum atomic E-state index is 13.7. The van der Waals surface area contributed by atoms with Gasteiger partial charge in [0.2, 0.25) is 0 Å². The van der Waals surface area contributed by atoms with E-state index in [-0.39, 0.29) is 18.4 Å². The van der Waals surface area contributed by atoms with Crippen LogP contribution < -0.4 is 0 Å². The minimum absolute atomic E-state index is 0.0196. The van der Waals surface area contributed by atoms with Gasteiger partial charge < -0.3 is 4.74 Å². The molecule has 2 atom stereocenters. The van der Waals surface area contributed by atoms with E-state index in [0.29, 0.717) is 13.0 Å². The summed E-state index contributed by atoms with van der Waals surface area (Å²) in [5.74, 6) is -2.60. The molecule has 4 heteroatoms. The summed E-state index contributed by atoms with van der Waals surface area (Å²) >= 11 is 0. The number of likely N-dealkylation sites (tertiary alicyclic amines) is 1. The summed E-state index contributed by atoms with van der Waals surface area (Å²) < 4.78 is 32.5. The van der Waals surface area contributed by atoms with Crippen molar-refractivity contribution >= 4 is 0 Å². The first-order valence-corrected chi connectivity index (χ1v) is 5.49. The topological polar surface area (TPSA) is 12.5 Å². The zero-order chi connectivity index (χ0) is 11.6. The van der Waals surface area contributed by atoms with Gasteiger partial charge in [0.05, 0.1) is 12.6 Å². The minimum Gasteiger partial charge on any atom is -0.383 e. The van der Waals surface area contributed by atoms with E-state index in [0.717, 1.165) is 0 Å². The Labute approximate surface area is 90.6 Å². The van der Waals surface area contributed by atoms with E-state index in [4.69, 9.17) is 4.74 Å². The normalized spacial score (nSPS) is 32.2. The first kappa shape index (κ1) is 12.8. The summed E-state index contributed by atoms with van der Waals surface area (Å²) in [7, 11) is 3.40. The van der Waals surface area contributed by atoms with Gasteiger partial charge in [0.15, 0.2) is 0 Å². The van der Waals surface area contributed by atoms with E-state index < -0.39 is 12.0 Å². The van der Waals surface area contributed by atoms with E-state index >= 15 is 0 Å². The third-order valence-corrected chi connectivity index (χ3v) is 3.25. The van der Waals surface area contributed by atoms with E-state index in [1.54, 1.807) is 19.1 Å². The molecule has 0 N–H and O–H groups in total. The Kier molecular flexibility index (Phi) is 4.06. The number of hydrogen-bond donors (Lipinski definition) is 0. The van der Waals surface area contributed by atoms with Crippen LogP contribution in [0.1, 0.15) is 26.7 Å². The molecule has 0 amide bonds. The number of halogens is 2. The highest BCUT2D eigenvalue weighted by Crippen LogP contribution is 2.38. The third kappa shape index (κ3) is 2.67. The molecule has 1 aliphatic heterocycles. The quantitative estimate of drug-likeness (QED) is 0.725. The van der Waals surface area contributed by atoms with Gasteiger partial charge in [0.25, 0.3) is 5.92 Å². The van der Waals surface area contributed by atoms with Crippen molar-refractivity contribution in [1.82, 2.24) is 4.90 Å². The largest absolute Gasteiger partial charge is 0.383 e. The second-order valence-corrected chi connectivity index (χ2v) is 4.76. The smallest absolute Gasteiger partial charge is 0.263 e. The Balaban J connectivity index is 2.77. The van der Waals surface area contributed by atoms with Crippen molar-refractivity contribution in [3.63, 3.8) is 0 Å². The van der Waals surface area contributed by atoms with Gasteiger partial charge in [-0.15, -0.1) is 0 Å². The second-order valence-electron chi connectivity index (χ2n) is 4.76. The molecule has 1 fully saturated rings. The fourth-order valence-electron chi connectivity index (χ4n) is 2.59. The van der Waals surface area contributed by atoms with Crippen LogP contribution in [0.15, 0.2) is 0 Å². The monoisotopic (exact) mass is 221 g/mol. The van der Waals surface area contributed by atoms with Crippen LogP contribution in [0.5, 0.6) is 0 Å². The SMILES string of the molecule is COCC1CCC(F)(F)C(C(C)C)N1C. The van der Waals surface area contributed by atoms with Crippen LogP contribution in [0.4, 0.5) is 8.78 Å². The molecule has 0 bridgehead atoms. The van der Waals surface area contributed by atoms with Gasteiger partial charge in [-0.25, -0.2) is 8.78 Å². The molecule has 0 saturated carbocycles. The molecule has 0 spiro atoms. The van der Waals surface area contributed by atoms with Crippen molar-refractivity contribution in [2.75, 3.05) is 20.8 Å². The predicted octanol–water partition coefficient (Wildman–Crippen LogP) is 2.39. The minimum atomic E-state index is -2.56. The van der Waals surface area contributed by atoms with E-state index in [9.17, 15) is 8.78 Å². The Morgan fingerprint density at radius 1 is 1.47 bits per heavy atom. The Morgan fingerprint density at radius 3 is 2.53 bits per heavy atom. The van der Waals surface area contributed by atoms with Gasteiger partial charge in [-0.3, -0.25) is 4.90 Å². The second kappa shape index (κ2) is 4.74. The van der Waals surface area contributed by atoms with Crippen LogP contribution in [0, 0.1) is 5.92 Å². The van der Waals surface area contributed by atoms with Crippen molar-refractivity contribution in [3.8, 4) is 0 Å². The number of methoxy groups -OCH3 is 1. The van der Waals surface area contributed by atoms with E-state index in [2.05, 4.69) is 0 Å². The molecule has 1 heterocycles. The summed E-state index contributed by atoms with van der Waals surface area (Å²) in [6.45, 7) is 4.24. The molecular formula is C11H21F2NO. The zero-order valence-electron chi connectivity index (χ0n) is 9.96. The molecule has 2 nitrogen and oxygen atoms in total. The molecule has 0 aromatic carbocycles. The highest BCUT2D eigenvalue weighted by Gasteiger charge is 2.48. The van der Waals surface area contributed by atoms with Gasteiger partial charge in [-0.1, -0.05) is 13.8 Å². The molecule has 1 rings (SSSR count). The van der Waals surface area contributed by atoms with Crippen LogP contribution in [-0.2, 0) is 4.74 Å². The van der Waals surface area contributed by atoms with Crippen molar-refractivity contribution in [2.45, 2.75) is 44.7 Å². The Morgan fingerprint density at radius 2 is 2.07 bits per heavy atom. The highest BCUT2D eigenvalue weighted by atomic mass is 19.3. The average molecular weight is 221 g/mol. The predicted molar refractivity (Wildman–Crippen MR) is 56.2 cm³/mol. The number of hydrogen-bond acceptors (Lipinski definition) is 2. The maximum absolute atomic E-state index is 13.7. The molecule has 15 heavy (non-hydrogen) atoms. The number of piperidine rings is 1. The molecule has 1 saturated heterocycles. The molecule has 0 radical (unpaired) electrons. The number of nitrogens with zero attached hydrogens (tertiary/aromatic N) is 1. The summed E-state index contributed by atoms with van der Waals surface area (Å²) in [6, 6.07) is -0.534. The summed E-state index contributed by atoms with van der Waals surface area (Å²) in [5, 5.41) is 0. The number of ether oxygens (including phenoxy) is 1. The van der Waals surface area contributed by atoms with Crippen LogP contribution in [-0.4, -0.2) is 43.7 Å². The Bertz CT molecular complexity index is 209. The standard InChI is InChI=1S/C11H21F2NO/c1-8(2)10-11(12,13)6-5-9(7-15-4)14(10)3/h8-10H,5-7H2,1-4H3. The summed E-state index contributed by atoms with van der Waals surface area (Å²) in [6.07, 6.45) is 0.495. The van der Waals surface area contributed by atoms with Crippen LogP contribution >= 0.6 is 0 Å². The van der Waals surface area contributed by atoms with Crippen LogP contribution in [0.2, 0.25) is 0 Å². The fourth-order valence-corrected chi connectivity index (χ4v) is 2.59. The lowest BCUT2D eigenvalue weighted by molar-refractivity contribution is -0.144. The van der Waals surface area contributed by atoms with E-state index in [1.165, 1.54) is 0 Å². The summed E-state index contributed by atoms with van der Waals surface area (Å²) in [5.41, 5.74) is 0. The lowest BCUT2D eigenvalue weighted by atomic mass is 9.86. The lowest BCUT2D eigenvalue weighted by Gasteiger charge is -2.45. The summed E-state index contributed by atoms with van der Waals surface area (Å²) in [4.78, 5) is 1.79. The van der Waals surface area contributed by atoms with Crippen molar-refractivity contribution in [1.29, 1.82) is 0 Å². The van der Waals surface area contributed by atoms with Gasteiger partial charge in [0, 0.05) is 19.6 Å². The highest BCUT2D eigenvalue weighted by molar-refractivity contribution is 4.94. The van der Waals surface area contributed by atoms with Gasteiger partial charge in [-0.2, -0.15) is 0 Å². The van der Waals surface area contributed by atoms with Crippen LogP contribution in [0.3, 0.4) is 0 Å². The average Bonchev–Trinajstić information content (AvgIpc) is 2.09. The van der Waals surface area contributed by atoms with Gasteiger partial charge >= 0.3 is 0 Å². The first-order valence-electron chi connectivity index (χ1n) is 5.49. The number of rotatable bonds is 3. The molecule has 1 aliphatic rings. The zero-order valence-corrected chi connectivity index (χ0v) is 9.96. The lowest BCUT2D eigenvalue weighted by Crippen LogP contribution is -2.58. The van der Waals surface area contributed by atoms with E-state index in [1.807, 2.05) is 13.8 Å². The molecule has 0 aliphatic carbocycles. The van der Waals surface area contributed by atoms with Crippen molar-refractivity contribution < 1.29 is 13.5 Å². The number of alkyl halides is 2. The molecule has 0 aromatic rings. The first-order chi connectivity index (χ1) is 6.90. The third-order valence-electron chi connectivity index (χ3n) is 3.25. The maximum Gasteiger partial charge on any atom is 0.263 e. The Hall–Kier alpha value is -0.220. The molecular weight excluding hydrogens is 200 g/mol. The van der Waals surface area contributed by atoms with Crippen molar-refractivity contribution in [2.24, 2.45) is 5.92 Å². The molecule has 90 valence electrons. The van der Waals surface area contributed by atoms with Crippen molar-refractivity contribution in [3.05, 3.63) is 0 Å². The van der Waals surface area contributed by atoms with Gasteiger partial charge in [-0.05, 0) is 19.4 Å². The van der Waals surface area contributed by atoms with Crippen LogP contribution in [0.25, 0.3) is 0 Å². The molecule has 0 aromatic heterocycles. The molecule has 2 unspecified atom stereocenters. The number of likely N-dealkylation sites (N-methyl/N-ethyl adjacent to an activating group) is 1.